The molecule has 142 valence electrons. The summed E-state index contributed by atoms with van der Waals surface area (Å²) < 4.78 is 5.39. The van der Waals surface area contributed by atoms with Crippen LogP contribution in [0.5, 0.6) is 0 Å². The molecule has 0 spiro atoms. The minimum Gasteiger partial charge on any atom is -0.452 e. The second kappa shape index (κ2) is 8.66. The number of amides is 2. The van der Waals surface area contributed by atoms with Gasteiger partial charge in [-0.05, 0) is 44.1 Å². The first-order valence-electron chi connectivity index (χ1n) is 9.38. The largest absolute Gasteiger partial charge is 0.452 e. The Morgan fingerprint density at radius 3 is 2.69 bits per heavy atom. The fourth-order valence-corrected chi connectivity index (χ4v) is 4.31. The Morgan fingerprint density at radius 1 is 1.23 bits per heavy atom. The molecule has 26 heavy (non-hydrogen) atoms. The van der Waals surface area contributed by atoms with Crippen molar-refractivity contribution >= 4 is 29.1 Å². The van der Waals surface area contributed by atoms with Gasteiger partial charge in [-0.15, -0.1) is 11.3 Å². The molecule has 2 aliphatic rings. The highest BCUT2D eigenvalue weighted by Gasteiger charge is 2.32. The van der Waals surface area contributed by atoms with Gasteiger partial charge in [0, 0.05) is 19.1 Å². The van der Waals surface area contributed by atoms with Crippen LogP contribution in [0.3, 0.4) is 0 Å². The number of ether oxygens (including phenoxy) is 1. The zero-order valence-electron chi connectivity index (χ0n) is 15.1. The van der Waals surface area contributed by atoms with Crippen molar-refractivity contribution in [1.29, 1.82) is 0 Å². The molecule has 0 bridgehead atoms. The lowest BCUT2D eigenvalue weighted by Gasteiger charge is -2.31. The molecule has 1 aromatic heterocycles. The lowest BCUT2D eigenvalue weighted by molar-refractivity contribution is -0.160. The molecule has 1 aliphatic heterocycles. The number of rotatable bonds is 5. The molecule has 1 saturated heterocycles. The van der Waals surface area contributed by atoms with E-state index in [2.05, 4.69) is 5.32 Å². The third-order valence-corrected chi connectivity index (χ3v) is 6.00. The second-order valence-corrected chi connectivity index (χ2v) is 8.08. The van der Waals surface area contributed by atoms with Gasteiger partial charge in [0.25, 0.3) is 11.8 Å². The summed E-state index contributed by atoms with van der Waals surface area (Å²) in [4.78, 5) is 39.5. The number of hydrogen-bond acceptors (Lipinski definition) is 5. The molecule has 1 aromatic rings. The molecule has 2 amide bonds. The first-order chi connectivity index (χ1) is 12.5. The highest BCUT2D eigenvalue weighted by Crippen LogP contribution is 2.22. The third kappa shape index (κ3) is 4.63. The summed E-state index contributed by atoms with van der Waals surface area (Å²) in [5, 5.41) is 4.82. The SMILES string of the molecule is CC(OC(=O)C1CCCN(C(=O)c2cccs2)C1)C(=O)NC1CCCC1. The van der Waals surface area contributed by atoms with Gasteiger partial charge in [-0.3, -0.25) is 14.4 Å². The van der Waals surface area contributed by atoms with E-state index in [9.17, 15) is 14.4 Å². The van der Waals surface area contributed by atoms with Crippen LogP contribution >= 0.6 is 11.3 Å². The van der Waals surface area contributed by atoms with Crippen molar-refractivity contribution in [2.45, 2.75) is 57.6 Å². The van der Waals surface area contributed by atoms with E-state index in [1.165, 1.54) is 11.3 Å². The van der Waals surface area contributed by atoms with E-state index in [0.717, 1.165) is 32.1 Å². The van der Waals surface area contributed by atoms with Crippen LogP contribution in [0.2, 0.25) is 0 Å². The Morgan fingerprint density at radius 2 is 2.00 bits per heavy atom. The summed E-state index contributed by atoms with van der Waals surface area (Å²) >= 11 is 1.40. The molecule has 3 rings (SSSR count). The number of nitrogens with zero attached hydrogens (tertiary/aromatic N) is 1. The average molecular weight is 378 g/mol. The molecule has 0 radical (unpaired) electrons. The third-order valence-electron chi connectivity index (χ3n) is 5.14. The number of carbonyl (C=O) groups is 3. The van der Waals surface area contributed by atoms with Crippen molar-refractivity contribution < 1.29 is 19.1 Å². The predicted octanol–water partition coefficient (Wildman–Crippen LogP) is 2.59. The van der Waals surface area contributed by atoms with Crippen LogP contribution in [-0.2, 0) is 14.3 Å². The van der Waals surface area contributed by atoms with Gasteiger partial charge in [-0.1, -0.05) is 18.9 Å². The Labute approximate surface area is 157 Å². The molecular weight excluding hydrogens is 352 g/mol. The van der Waals surface area contributed by atoms with Crippen LogP contribution in [0.1, 0.15) is 55.1 Å². The standard InChI is InChI=1S/C19H26N2O4S/c1-13(17(22)20-15-7-2-3-8-15)25-19(24)14-6-4-10-21(12-14)18(23)16-9-5-11-26-16/h5,9,11,13-15H,2-4,6-8,10,12H2,1H3,(H,20,22). The number of thiophene rings is 1. The molecule has 2 fully saturated rings. The number of hydrogen-bond donors (Lipinski definition) is 1. The van der Waals surface area contributed by atoms with Crippen molar-refractivity contribution in [3.05, 3.63) is 22.4 Å². The highest BCUT2D eigenvalue weighted by molar-refractivity contribution is 7.12. The van der Waals surface area contributed by atoms with E-state index in [1.54, 1.807) is 17.9 Å². The van der Waals surface area contributed by atoms with E-state index >= 15 is 0 Å². The highest BCUT2D eigenvalue weighted by atomic mass is 32.1. The lowest BCUT2D eigenvalue weighted by atomic mass is 9.98. The summed E-state index contributed by atoms with van der Waals surface area (Å²) in [5.41, 5.74) is 0. The van der Waals surface area contributed by atoms with Crippen LogP contribution in [0.15, 0.2) is 17.5 Å². The van der Waals surface area contributed by atoms with Crippen LogP contribution in [0, 0.1) is 5.92 Å². The average Bonchev–Trinajstić information content (AvgIpc) is 3.35. The maximum absolute atomic E-state index is 12.5. The summed E-state index contributed by atoms with van der Waals surface area (Å²) in [6.45, 7) is 2.62. The van der Waals surface area contributed by atoms with Gasteiger partial charge >= 0.3 is 5.97 Å². The molecular formula is C19H26N2O4S. The molecule has 1 aliphatic carbocycles. The first kappa shape index (κ1) is 18.9. The first-order valence-corrected chi connectivity index (χ1v) is 10.3. The Balaban J connectivity index is 1.50. The summed E-state index contributed by atoms with van der Waals surface area (Å²) in [6.07, 6.45) is 4.91. The van der Waals surface area contributed by atoms with E-state index in [0.29, 0.717) is 24.4 Å². The number of nitrogens with one attached hydrogen (secondary N) is 1. The molecule has 1 N–H and O–H groups in total. The van der Waals surface area contributed by atoms with Gasteiger partial charge in [0.05, 0.1) is 10.8 Å². The summed E-state index contributed by atoms with van der Waals surface area (Å²) in [6, 6.07) is 3.85. The Bertz CT molecular complexity index is 640. The molecule has 6 nitrogen and oxygen atoms in total. The van der Waals surface area contributed by atoms with Crippen LogP contribution in [0.25, 0.3) is 0 Å². The van der Waals surface area contributed by atoms with Crippen molar-refractivity contribution in [3.63, 3.8) is 0 Å². The van der Waals surface area contributed by atoms with Gasteiger partial charge < -0.3 is 15.0 Å². The Kier molecular flexibility index (Phi) is 6.29. The van der Waals surface area contributed by atoms with Crippen molar-refractivity contribution in [2.75, 3.05) is 13.1 Å². The molecule has 1 saturated carbocycles. The van der Waals surface area contributed by atoms with Crippen LogP contribution in [-0.4, -0.2) is 47.9 Å². The fourth-order valence-electron chi connectivity index (χ4n) is 3.62. The van der Waals surface area contributed by atoms with E-state index in [1.807, 2.05) is 11.4 Å². The monoisotopic (exact) mass is 378 g/mol. The maximum atomic E-state index is 12.5. The van der Waals surface area contributed by atoms with Gasteiger partial charge in [-0.2, -0.15) is 0 Å². The number of likely N-dealkylation sites (tertiary alicyclic amines) is 1. The van der Waals surface area contributed by atoms with Gasteiger partial charge in [-0.25, -0.2) is 0 Å². The molecule has 2 atom stereocenters. The normalized spacial score (nSPS) is 22.0. The number of carbonyl (C=O) groups excluding carboxylic acids is 3. The molecule has 7 heteroatoms. The van der Waals surface area contributed by atoms with Gasteiger partial charge in [0.15, 0.2) is 6.10 Å². The van der Waals surface area contributed by atoms with Crippen molar-refractivity contribution in [1.82, 2.24) is 10.2 Å². The van der Waals surface area contributed by atoms with E-state index in [4.69, 9.17) is 4.74 Å². The lowest BCUT2D eigenvalue weighted by Crippen LogP contribution is -2.45. The summed E-state index contributed by atoms with van der Waals surface area (Å²) in [7, 11) is 0. The van der Waals surface area contributed by atoms with Gasteiger partial charge in [0.2, 0.25) is 0 Å². The van der Waals surface area contributed by atoms with Crippen LogP contribution in [0.4, 0.5) is 0 Å². The topological polar surface area (TPSA) is 75.7 Å². The zero-order chi connectivity index (χ0) is 18.5. The molecule has 0 aromatic carbocycles. The second-order valence-electron chi connectivity index (χ2n) is 7.14. The van der Waals surface area contributed by atoms with Gasteiger partial charge in [0.1, 0.15) is 0 Å². The zero-order valence-corrected chi connectivity index (χ0v) is 15.9. The minimum atomic E-state index is -0.800. The number of esters is 1. The quantitative estimate of drug-likeness (QED) is 0.799. The Hall–Kier alpha value is -1.89. The molecule has 2 unspecified atom stereocenters. The molecule has 2 heterocycles. The van der Waals surface area contributed by atoms with Crippen LogP contribution < -0.4 is 5.32 Å². The number of piperidine rings is 1. The predicted molar refractivity (Wildman–Crippen MR) is 98.9 cm³/mol. The smallest absolute Gasteiger partial charge is 0.311 e. The van der Waals surface area contributed by atoms with E-state index in [-0.39, 0.29) is 29.7 Å². The van der Waals surface area contributed by atoms with E-state index < -0.39 is 6.10 Å². The maximum Gasteiger partial charge on any atom is 0.311 e. The summed E-state index contributed by atoms with van der Waals surface area (Å²) in [5.74, 6) is -1.02. The minimum absolute atomic E-state index is 0.0375. The fraction of sp³-hybridized carbons (Fsp3) is 0.632. The van der Waals surface area contributed by atoms with Crippen molar-refractivity contribution in [3.8, 4) is 0 Å². The van der Waals surface area contributed by atoms with Crippen molar-refractivity contribution in [2.24, 2.45) is 5.92 Å².